The van der Waals surface area contributed by atoms with Gasteiger partial charge >= 0.3 is 0 Å². The van der Waals surface area contributed by atoms with Gasteiger partial charge in [-0.1, -0.05) is 54.1 Å². The second-order valence-corrected chi connectivity index (χ2v) is 7.71. The fourth-order valence-electron chi connectivity index (χ4n) is 2.86. The molecule has 0 saturated heterocycles. The summed E-state index contributed by atoms with van der Waals surface area (Å²) >= 11 is 7.47. The molecule has 0 radical (unpaired) electrons. The van der Waals surface area contributed by atoms with Gasteiger partial charge in [-0.05, 0) is 35.4 Å². The topological polar surface area (TPSA) is 65.3 Å². The molecule has 0 fully saturated rings. The third-order valence-corrected chi connectivity index (χ3v) is 5.78. The molecule has 4 rings (SSSR count). The van der Waals surface area contributed by atoms with Gasteiger partial charge in [-0.3, -0.25) is 10.1 Å². The van der Waals surface area contributed by atoms with Crippen LogP contribution in [-0.4, -0.2) is 17.0 Å². The maximum atomic E-state index is 11.0. The standard InChI is InChI=1S/C22H15ClN2O3S/c1-28-17-9-11-19-21(13-17)29-22(24-19)16-7-4-14(5-8-16)2-3-15-6-10-18(23)20(12-15)25(26)27/h2-13H,1H3. The van der Waals surface area contributed by atoms with E-state index in [1.54, 1.807) is 24.5 Å². The number of benzene rings is 3. The number of nitrogens with zero attached hydrogens (tertiary/aromatic N) is 2. The van der Waals surface area contributed by atoms with Crippen LogP contribution in [0.2, 0.25) is 5.02 Å². The predicted molar refractivity (Wildman–Crippen MR) is 119 cm³/mol. The molecule has 4 aromatic rings. The molecule has 0 aliphatic rings. The number of thiazole rings is 1. The van der Waals surface area contributed by atoms with Crippen LogP contribution in [0.5, 0.6) is 5.75 Å². The number of fused-ring (bicyclic) bond motifs is 1. The number of halogens is 1. The lowest BCUT2D eigenvalue weighted by Crippen LogP contribution is -1.89. The highest BCUT2D eigenvalue weighted by atomic mass is 35.5. The molecule has 0 spiro atoms. The third kappa shape index (κ3) is 4.13. The van der Waals surface area contributed by atoms with Crippen LogP contribution in [0.15, 0.2) is 60.7 Å². The van der Waals surface area contributed by atoms with Crippen molar-refractivity contribution in [3.8, 4) is 16.3 Å². The van der Waals surface area contributed by atoms with Crippen LogP contribution >= 0.6 is 22.9 Å². The van der Waals surface area contributed by atoms with E-state index in [9.17, 15) is 10.1 Å². The van der Waals surface area contributed by atoms with Crippen LogP contribution in [-0.2, 0) is 0 Å². The van der Waals surface area contributed by atoms with Gasteiger partial charge in [-0.25, -0.2) is 4.98 Å². The predicted octanol–water partition coefficient (Wildman–Crippen LogP) is 6.70. The molecule has 0 aliphatic carbocycles. The van der Waals surface area contributed by atoms with E-state index in [2.05, 4.69) is 4.98 Å². The average molecular weight is 423 g/mol. The summed E-state index contributed by atoms with van der Waals surface area (Å²) in [5.74, 6) is 0.815. The van der Waals surface area contributed by atoms with Gasteiger partial charge in [0.25, 0.3) is 5.69 Å². The second-order valence-electron chi connectivity index (χ2n) is 6.28. The average Bonchev–Trinajstić information content (AvgIpc) is 3.16. The quantitative estimate of drug-likeness (QED) is 0.204. The Balaban J connectivity index is 1.56. The Labute approximate surface area is 176 Å². The number of aromatic nitrogens is 1. The minimum absolute atomic E-state index is 0.100. The number of ether oxygens (including phenoxy) is 1. The van der Waals surface area contributed by atoms with E-state index in [4.69, 9.17) is 16.3 Å². The smallest absolute Gasteiger partial charge is 0.288 e. The van der Waals surface area contributed by atoms with Crippen molar-refractivity contribution in [2.24, 2.45) is 0 Å². The molecule has 144 valence electrons. The Morgan fingerprint density at radius 1 is 1.03 bits per heavy atom. The first-order valence-corrected chi connectivity index (χ1v) is 9.90. The number of methoxy groups -OCH3 is 1. The molecule has 3 aromatic carbocycles. The molecule has 0 aliphatic heterocycles. The normalized spacial score (nSPS) is 11.2. The highest BCUT2D eigenvalue weighted by Gasteiger charge is 2.11. The molecule has 29 heavy (non-hydrogen) atoms. The summed E-state index contributed by atoms with van der Waals surface area (Å²) in [6, 6.07) is 18.6. The fraction of sp³-hybridized carbons (Fsp3) is 0.0455. The zero-order chi connectivity index (χ0) is 20.4. The Kier molecular flexibility index (Phi) is 5.29. The Hall–Kier alpha value is -3.22. The molecule has 7 heteroatoms. The molecule has 0 bridgehead atoms. The molecule has 0 N–H and O–H groups in total. The number of nitro benzene ring substituents is 1. The third-order valence-electron chi connectivity index (χ3n) is 4.39. The van der Waals surface area contributed by atoms with Gasteiger partial charge < -0.3 is 4.74 Å². The van der Waals surface area contributed by atoms with Gasteiger partial charge in [0.15, 0.2) is 0 Å². The monoisotopic (exact) mass is 422 g/mol. The van der Waals surface area contributed by atoms with Crippen molar-refractivity contribution >= 4 is 51.0 Å². The number of hydrogen-bond donors (Lipinski definition) is 0. The zero-order valence-electron chi connectivity index (χ0n) is 15.3. The van der Waals surface area contributed by atoms with E-state index >= 15 is 0 Å². The van der Waals surface area contributed by atoms with E-state index in [-0.39, 0.29) is 10.7 Å². The Bertz CT molecular complexity index is 1230. The maximum Gasteiger partial charge on any atom is 0.288 e. The molecule has 0 unspecified atom stereocenters. The first-order valence-electron chi connectivity index (χ1n) is 8.70. The molecular weight excluding hydrogens is 408 g/mol. The minimum atomic E-state index is -0.484. The van der Waals surface area contributed by atoms with Gasteiger partial charge in [-0.2, -0.15) is 0 Å². The molecule has 1 heterocycles. The van der Waals surface area contributed by atoms with Gasteiger partial charge in [0.1, 0.15) is 15.8 Å². The van der Waals surface area contributed by atoms with Crippen molar-refractivity contribution in [1.82, 2.24) is 4.98 Å². The SMILES string of the molecule is COc1ccc2nc(-c3ccc(C=Cc4ccc(Cl)c([N+](=O)[O-])c4)cc3)sc2c1. The summed E-state index contributed by atoms with van der Waals surface area (Å²) in [4.78, 5) is 15.2. The van der Waals surface area contributed by atoms with E-state index < -0.39 is 4.92 Å². The first-order chi connectivity index (χ1) is 14.0. The van der Waals surface area contributed by atoms with E-state index in [0.717, 1.165) is 32.1 Å². The van der Waals surface area contributed by atoms with Crippen LogP contribution in [0.1, 0.15) is 11.1 Å². The van der Waals surface area contributed by atoms with Crippen molar-refractivity contribution < 1.29 is 9.66 Å². The Morgan fingerprint density at radius 3 is 2.48 bits per heavy atom. The van der Waals surface area contributed by atoms with E-state index in [1.165, 1.54) is 12.1 Å². The number of rotatable bonds is 5. The minimum Gasteiger partial charge on any atom is -0.497 e. The van der Waals surface area contributed by atoms with Crippen LogP contribution < -0.4 is 4.74 Å². The molecule has 0 saturated carbocycles. The second kappa shape index (κ2) is 8.03. The molecule has 0 amide bonds. The summed E-state index contributed by atoms with van der Waals surface area (Å²) in [6.45, 7) is 0. The molecule has 5 nitrogen and oxygen atoms in total. The van der Waals surface area contributed by atoms with E-state index in [0.29, 0.717) is 5.56 Å². The molecule has 0 atom stereocenters. The summed E-state index contributed by atoms with van der Waals surface area (Å²) in [7, 11) is 1.65. The van der Waals surface area contributed by atoms with Crippen molar-refractivity contribution in [3.63, 3.8) is 0 Å². The molecule has 1 aromatic heterocycles. The van der Waals surface area contributed by atoms with Crippen molar-refractivity contribution in [2.75, 3.05) is 7.11 Å². The van der Waals surface area contributed by atoms with Crippen LogP contribution in [0.3, 0.4) is 0 Å². The largest absolute Gasteiger partial charge is 0.497 e. The maximum absolute atomic E-state index is 11.0. The van der Waals surface area contributed by atoms with Crippen LogP contribution in [0.4, 0.5) is 5.69 Å². The van der Waals surface area contributed by atoms with Crippen molar-refractivity contribution in [1.29, 1.82) is 0 Å². The highest BCUT2D eigenvalue weighted by Crippen LogP contribution is 2.32. The van der Waals surface area contributed by atoms with E-state index in [1.807, 2.05) is 54.6 Å². The number of nitro groups is 1. The van der Waals surface area contributed by atoms with Gasteiger partial charge in [0.2, 0.25) is 0 Å². The summed E-state index contributed by atoms with van der Waals surface area (Å²) in [6.07, 6.45) is 3.72. The van der Waals surface area contributed by atoms with Gasteiger partial charge in [0, 0.05) is 11.6 Å². The Morgan fingerprint density at radius 2 is 1.76 bits per heavy atom. The van der Waals surface area contributed by atoms with Crippen molar-refractivity contribution in [3.05, 3.63) is 86.9 Å². The lowest BCUT2D eigenvalue weighted by atomic mass is 10.1. The van der Waals surface area contributed by atoms with Crippen molar-refractivity contribution in [2.45, 2.75) is 0 Å². The zero-order valence-corrected chi connectivity index (χ0v) is 16.9. The first kappa shape index (κ1) is 19.1. The summed E-state index contributed by atoms with van der Waals surface area (Å²) in [5, 5.41) is 12.1. The van der Waals surface area contributed by atoms with Gasteiger partial charge in [-0.15, -0.1) is 11.3 Å². The molecular formula is C22H15ClN2O3S. The summed E-state index contributed by atoms with van der Waals surface area (Å²) < 4.78 is 6.35. The highest BCUT2D eigenvalue weighted by molar-refractivity contribution is 7.21. The number of hydrogen-bond acceptors (Lipinski definition) is 5. The van der Waals surface area contributed by atoms with Crippen LogP contribution in [0, 0.1) is 10.1 Å². The van der Waals surface area contributed by atoms with Crippen LogP contribution in [0.25, 0.3) is 32.9 Å². The lowest BCUT2D eigenvalue weighted by Gasteiger charge is -1.99. The summed E-state index contributed by atoms with van der Waals surface area (Å²) in [5.41, 5.74) is 3.57. The van der Waals surface area contributed by atoms with Gasteiger partial charge in [0.05, 0.1) is 22.2 Å². The lowest BCUT2D eigenvalue weighted by molar-refractivity contribution is -0.384. The fourth-order valence-corrected chi connectivity index (χ4v) is 4.04.